The summed E-state index contributed by atoms with van der Waals surface area (Å²) in [6.07, 6.45) is 0. The first-order valence-corrected chi connectivity index (χ1v) is 8.35. The summed E-state index contributed by atoms with van der Waals surface area (Å²) in [6.45, 7) is 1.54. The number of pyridine rings is 1. The first-order chi connectivity index (χ1) is 11.6. The van der Waals surface area contributed by atoms with Gasteiger partial charge in [0.15, 0.2) is 5.78 Å². The molecule has 2 aromatic carbocycles. The number of thiophene rings is 1. The van der Waals surface area contributed by atoms with Gasteiger partial charge in [-0.25, -0.2) is 4.98 Å². The predicted octanol–water partition coefficient (Wildman–Crippen LogP) is 5.03. The number of rotatable bonds is 3. The van der Waals surface area contributed by atoms with E-state index in [-0.39, 0.29) is 5.78 Å². The molecule has 0 saturated heterocycles. The van der Waals surface area contributed by atoms with Gasteiger partial charge in [-0.2, -0.15) is 0 Å². The molecule has 24 heavy (non-hydrogen) atoms. The SMILES string of the molecule is CC(=O)c1ccc(Oc2nc3cc(N)ccc3c3sccc23)cc1. The van der Waals surface area contributed by atoms with E-state index in [1.165, 1.54) is 0 Å². The lowest BCUT2D eigenvalue weighted by Gasteiger charge is -2.09. The molecule has 118 valence electrons. The smallest absolute Gasteiger partial charge is 0.228 e. The molecule has 2 N–H and O–H groups in total. The summed E-state index contributed by atoms with van der Waals surface area (Å²) in [5.74, 6) is 1.21. The monoisotopic (exact) mass is 334 g/mol. The average Bonchev–Trinajstić information content (AvgIpc) is 3.05. The van der Waals surface area contributed by atoms with Crippen LogP contribution in [0.5, 0.6) is 11.6 Å². The van der Waals surface area contributed by atoms with Crippen LogP contribution in [0.2, 0.25) is 0 Å². The van der Waals surface area contributed by atoms with Crippen molar-refractivity contribution in [1.29, 1.82) is 0 Å². The first kappa shape index (κ1) is 14.7. The summed E-state index contributed by atoms with van der Waals surface area (Å²) in [5, 5.41) is 4.05. The van der Waals surface area contributed by atoms with E-state index in [2.05, 4.69) is 4.98 Å². The Hall–Kier alpha value is -2.92. The molecule has 4 aromatic rings. The summed E-state index contributed by atoms with van der Waals surface area (Å²) in [4.78, 5) is 16.0. The van der Waals surface area contributed by atoms with E-state index in [0.29, 0.717) is 22.9 Å². The zero-order valence-electron chi connectivity index (χ0n) is 12.9. The molecule has 0 aliphatic heterocycles. The van der Waals surface area contributed by atoms with E-state index in [0.717, 1.165) is 21.0 Å². The van der Waals surface area contributed by atoms with Crippen molar-refractivity contribution in [3.05, 3.63) is 59.5 Å². The molecule has 0 radical (unpaired) electrons. The van der Waals surface area contributed by atoms with Crippen molar-refractivity contribution in [2.24, 2.45) is 0 Å². The third-order valence-corrected chi connectivity index (χ3v) is 4.81. The highest BCUT2D eigenvalue weighted by molar-refractivity contribution is 7.18. The van der Waals surface area contributed by atoms with E-state index in [1.54, 1.807) is 42.5 Å². The van der Waals surface area contributed by atoms with Crippen LogP contribution in [0.4, 0.5) is 5.69 Å². The van der Waals surface area contributed by atoms with Crippen molar-refractivity contribution in [3.63, 3.8) is 0 Å². The van der Waals surface area contributed by atoms with Crippen LogP contribution in [-0.4, -0.2) is 10.8 Å². The van der Waals surface area contributed by atoms with E-state index in [4.69, 9.17) is 10.5 Å². The van der Waals surface area contributed by atoms with Crippen LogP contribution in [0, 0.1) is 0 Å². The van der Waals surface area contributed by atoms with Gasteiger partial charge in [0.25, 0.3) is 0 Å². The third-order valence-electron chi connectivity index (χ3n) is 3.86. The summed E-state index contributed by atoms with van der Waals surface area (Å²) in [5.41, 5.74) is 8.01. The van der Waals surface area contributed by atoms with Crippen LogP contribution < -0.4 is 10.5 Å². The van der Waals surface area contributed by atoms with Gasteiger partial charge in [0.2, 0.25) is 5.88 Å². The maximum absolute atomic E-state index is 11.4. The number of nitrogens with two attached hydrogens (primary N) is 1. The molecular weight excluding hydrogens is 320 g/mol. The highest BCUT2D eigenvalue weighted by Gasteiger charge is 2.12. The third kappa shape index (κ3) is 2.49. The molecule has 2 aromatic heterocycles. The molecule has 0 fully saturated rings. The Bertz CT molecular complexity index is 1070. The van der Waals surface area contributed by atoms with Gasteiger partial charge in [0.05, 0.1) is 10.9 Å². The standard InChI is InChI=1S/C19H14N2O2S/c1-11(22)12-2-5-14(6-3-12)23-19-16-8-9-24-18(16)15-7-4-13(20)10-17(15)21-19/h2-10H,20H2,1H3. The molecule has 4 nitrogen and oxygen atoms in total. The van der Waals surface area contributed by atoms with E-state index in [9.17, 15) is 4.79 Å². The zero-order valence-corrected chi connectivity index (χ0v) is 13.8. The number of benzene rings is 2. The Morgan fingerprint density at radius 1 is 1.08 bits per heavy atom. The summed E-state index contributed by atoms with van der Waals surface area (Å²) < 4.78 is 7.10. The van der Waals surface area contributed by atoms with Crippen molar-refractivity contribution in [1.82, 2.24) is 4.98 Å². The maximum Gasteiger partial charge on any atom is 0.228 e. The van der Waals surface area contributed by atoms with Crippen molar-refractivity contribution >= 4 is 43.8 Å². The Morgan fingerprint density at radius 3 is 2.62 bits per heavy atom. The second-order valence-electron chi connectivity index (χ2n) is 5.54. The van der Waals surface area contributed by atoms with E-state index in [1.807, 2.05) is 29.6 Å². The van der Waals surface area contributed by atoms with Crippen LogP contribution >= 0.6 is 11.3 Å². The Balaban J connectivity index is 1.82. The quantitative estimate of drug-likeness (QED) is 0.422. The van der Waals surface area contributed by atoms with E-state index < -0.39 is 0 Å². The highest BCUT2D eigenvalue weighted by Crippen LogP contribution is 2.37. The molecule has 2 heterocycles. The second-order valence-corrected chi connectivity index (χ2v) is 6.46. The topological polar surface area (TPSA) is 65.2 Å². The lowest BCUT2D eigenvalue weighted by molar-refractivity contribution is 0.101. The van der Waals surface area contributed by atoms with Gasteiger partial charge in [-0.3, -0.25) is 4.79 Å². The number of carbonyl (C=O) groups excluding carboxylic acids is 1. The highest BCUT2D eigenvalue weighted by atomic mass is 32.1. The van der Waals surface area contributed by atoms with Crippen molar-refractivity contribution < 1.29 is 9.53 Å². The number of nitrogen functional groups attached to an aromatic ring is 1. The summed E-state index contributed by atoms with van der Waals surface area (Å²) in [6, 6.07) is 14.8. The fraction of sp³-hybridized carbons (Fsp3) is 0.0526. The zero-order chi connectivity index (χ0) is 16.7. The van der Waals surface area contributed by atoms with Crippen LogP contribution in [0.15, 0.2) is 53.9 Å². The average molecular weight is 334 g/mol. The normalized spacial score (nSPS) is 11.0. The molecule has 0 amide bonds. The molecule has 0 unspecified atom stereocenters. The number of Topliss-reactive ketones (excluding diaryl/α,β-unsaturated/α-hetero) is 1. The van der Waals surface area contributed by atoms with Crippen LogP contribution in [0.1, 0.15) is 17.3 Å². The number of hydrogen-bond donors (Lipinski definition) is 1. The van der Waals surface area contributed by atoms with Gasteiger partial charge < -0.3 is 10.5 Å². The number of aromatic nitrogens is 1. The van der Waals surface area contributed by atoms with Gasteiger partial charge in [0.1, 0.15) is 5.75 Å². The number of ether oxygens (including phenoxy) is 1. The number of carbonyl (C=O) groups is 1. The molecular formula is C19H14N2O2S. The van der Waals surface area contributed by atoms with Crippen LogP contribution in [0.3, 0.4) is 0 Å². The first-order valence-electron chi connectivity index (χ1n) is 7.47. The Morgan fingerprint density at radius 2 is 1.88 bits per heavy atom. The minimum absolute atomic E-state index is 0.0288. The molecule has 0 spiro atoms. The number of nitrogens with zero attached hydrogens (tertiary/aromatic N) is 1. The van der Waals surface area contributed by atoms with Gasteiger partial charge >= 0.3 is 0 Å². The van der Waals surface area contributed by atoms with Crippen molar-refractivity contribution in [2.75, 3.05) is 5.73 Å². The van der Waals surface area contributed by atoms with Crippen molar-refractivity contribution in [2.45, 2.75) is 6.92 Å². The number of hydrogen-bond acceptors (Lipinski definition) is 5. The minimum Gasteiger partial charge on any atom is -0.438 e. The second kappa shape index (κ2) is 5.62. The van der Waals surface area contributed by atoms with Gasteiger partial charge in [-0.1, -0.05) is 0 Å². The molecule has 0 aliphatic rings. The van der Waals surface area contributed by atoms with Crippen LogP contribution in [0.25, 0.3) is 21.0 Å². The number of anilines is 1. The summed E-state index contributed by atoms with van der Waals surface area (Å²) in [7, 11) is 0. The van der Waals surface area contributed by atoms with Crippen molar-refractivity contribution in [3.8, 4) is 11.6 Å². The molecule has 0 atom stereocenters. The molecule has 0 aliphatic carbocycles. The molecule has 0 bridgehead atoms. The van der Waals surface area contributed by atoms with Crippen LogP contribution in [-0.2, 0) is 0 Å². The number of ketones is 1. The van der Waals surface area contributed by atoms with Gasteiger partial charge in [-0.15, -0.1) is 11.3 Å². The summed E-state index contributed by atoms with van der Waals surface area (Å²) >= 11 is 1.65. The largest absolute Gasteiger partial charge is 0.438 e. The predicted molar refractivity (Wildman–Crippen MR) is 98.1 cm³/mol. The fourth-order valence-electron chi connectivity index (χ4n) is 2.64. The minimum atomic E-state index is 0.0288. The van der Waals surface area contributed by atoms with Gasteiger partial charge in [0, 0.05) is 21.3 Å². The fourth-order valence-corrected chi connectivity index (χ4v) is 3.56. The number of fused-ring (bicyclic) bond motifs is 3. The molecule has 4 rings (SSSR count). The lowest BCUT2D eigenvalue weighted by Crippen LogP contribution is -1.93. The lowest BCUT2D eigenvalue weighted by atomic mass is 10.1. The maximum atomic E-state index is 11.4. The Kier molecular flexibility index (Phi) is 3.43. The van der Waals surface area contributed by atoms with Gasteiger partial charge in [-0.05, 0) is 60.8 Å². The Labute approximate surface area is 142 Å². The van der Waals surface area contributed by atoms with E-state index >= 15 is 0 Å². The molecule has 5 heteroatoms. The molecule has 0 saturated carbocycles.